The summed E-state index contributed by atoms with van der Waals surface area (Å²) in [5.41, 5.74) is -1.29. The van der Waals surface area contributed by atoms with Crippen LogP contribution >= 0.6 is 0 Å². The predicted molar refractivity (Wildman–Crippen MR) is 53.8 cm³/mol. The molecule has 2 aliphatic rings. The van der Waals surface area contributed by atoms with Crippen molar-refractivity contribution in [1.29, 1.82) is 0 Å². The van der Waals surface area contributed by atoms with Crippen molar-refractivity contribution in [1.82, 2.24) is 0 Å². The van der Waals surface area contributed by atoms with Gasteiger partial charge in [0.05, 0.1) is 5.60 Å². The Kier molecular flexibility index (Phi) is 2.01. The van der Waals surface area contributed by atoms with Gasteiger partial charge in [0.15, 0.2) is 0 Å². The number of carboxylic acid groups (broad SMARTS) is 1. The summed E-state index contributed by atoms with van der Waals surface area (Å²) in [5.74, 6) is -0.686. The van der Waals surface area contributed by atoms with E-state index in [0.717, 1.165) is 12.8 Å². The number of aliphatic carboxylic acids is 1. The molecule has 3 atom stereocenters. The second-order valence-corrected chi connectivity index (χ2v) is 6.07. The van der Waals surface area contributed by atoms with Crippen molar-refractivity contribution >= 4 is 5.97 Å². The third-order valence-corrected chi connectivity index (χ3v) is 5.48. The van der Waals surface area contributed by atoms with Crippen molar-refractivity contribution in [3.63, 3.8) is 0 Å². The summed E-state index contributed by atoms with van der Waals surface area (Å²) in [6.07, 6.45) is 2.43. The van der Waals surface area contributed by atoms with Gasteiger partial charge in [0.2, 0.25) is 0 Å². The summed E-state index contributed by atoms with van der Waals surface area (Å²) in [6, 6.07) is 0. The van der Waals surface area contributed by atoms with Crippen LogP contribution in [-0.2, 0) is 4.79 Å². The molecule has 0 aliphatic heterocycles. The maximum atomic E-state index is 10.7. The van der Waals surface area contributed by atoms with E-state index in [1.807, 2.05) is 6.92 Å². The maximum Gasteiger partial charge on any atom is 0.0761 e. The van der Waals surface area contributed by atoms with Crippen molar-refractivity contribution in [2.45, 2.75) is 52.1 Å². The van der Waals surface area contributed by atoms with Crippen molar-refractivity contribution in [3.05, 3.63) is 0 Å². The highest BCUT2D eigenvalue weighted by atomic mass is 16.4. The number of hydrogen-bond acceptors (Lipinski definition) is 3. The molecular weight excluding hydrogens is 192 g/mol. The van der Waals surface area contributed by atoms with Crippen LogP contribution in [0.1, 0.15) is 46.5 Å². The van der Waals surface area contributed by atoms with Gasteiger partial charge in [-0.15, -0.1) is 0 Å². The zero-order valence-corrected chi connectivity index (χ0v) is 9.67. The lowest BCUT2D eigenvalue weighted by atomic mass is 9.63. The molecule has 2 fully saturated rings. The monoisotopic (exact) mass is 211 g/mol. The Morgan fingerprint density at radius 2 is 2.07 bits per heavy atom. The van der Waals surface area contributed by atoms with Crippen LogP contribution in [0.2, 0.25) is 0 Å². The average Bonchev–Trinajstić information content (AvgIpc) is 2.34. The minimum Gasteiger partial charge on any atom is -0.550 e. The average molecular weight is 211 g/mol. The van der Waals surface area contributed by atoms with Crippen LogP contribution in [0.3, 0.4) is 0 Å². The minimum absolute atomic E-state index is 0.0389. The Hall–Kier alpha value is -0.570. The summed E-state index contributed by atoms with van der Waals surface area (Å²) in [6.45, 7) is 6.33. The Bertz CT molecular complexity index is 310. The molecule has 0 radical (unpaired) electrons. The van der Waals surface area contributed by atoms with E-state index in [-0.39, 0.29) is 17.3 Å². The zero-order valence-electron chi connectivity index (χ0n) is 9.67. The smallest absolute Gasteiger partial charge is 0.0761 e. The largest absolute Gasteiger partial charge is 0.550 e. The quantitative estimate of drug-likeness (QED) is 0.731. The van der Waals surface area contributed by atoms with E-state index < -0.39 is 11.6 Å². The van der Waals surface area contributed by atoms with Crippen LogP contribution < -0.4 is 5.11 Å². The molecule has 2 bridgehead atoms. The van der Waals surface area contributed by atoms with Crippen molar-refractivity contribution in [2.75, 3.05) is 0 Å². The number of carboxylic acids is 1. The van der Waals surface area contributed by atoms with Gasteiger partial charge in [0.1, 0.15) is 0 Å². The van der Waals surface area contributed by atoms with Crippen LogP contribution in [0.15, 0.2) is 0 Å². The molecule has 0 saturated heterocycles. The van der Waals surface area contributed by atoms with Gasteiger partial charge < -0.3 is 15.0 Å². The lowest BCUT2D eigenvalue weighted by Gasteiger charge is -2.45. The molecule has 2 saturated carbocycles. The molecule has 3 heteroatoms. The number of rotatable bonds is 2. The number of carbonyl (C=O) groups is 1. The molecule has 0 heterocycles. The maximum absolute atomic E-state index is 10.7. The fraction of sp³-hybridized carbons (Fsp3) is 0.917. The van der Waals surface area contributed by atoms with Gasteiger partial charge in [-0.25, -0.2) is 0 Å². The van der Waals surface area contributed by atoms with E-state index in [1.54, 1.807) is 0 Å². The molecule has 2 aliphatic carbocycles. The van der Waals surface area contributed by atoms with E-state index in [1.165, 1.54) is 0 Å². The Balaban J connectivity index is 2.36. The van der Waals surface area contributed by atoms with Gasteiger partial charge in [-0.3, -0.25) is 0 Å². The van der Waals surface area contributed by atoms with Gasteiger partial charge >= 0.3 is 0 Å². The molecular formula is C12H19O3-. The Morgan fingerprint density at radius 3 is 2.40 bits per heavy atom. The van der Waals surface area contributed by atoms with Crippen LogP contribution in [0, 0.1) is 16.7 Å². The standard InChI is InChI=1S/C12H20O3/c1-10(2)8-4-5-11(10,3)12(15,6-8)7-9(13)14/h8,15H,4-7H2,1-3H3,(H,13,14)/p-1/t8-,11+,12+/m1/s1. The zero-order chi connectivity index (χ0) is 11.5. The summed E-state index contributed by atoms with van der Waals surface area (Å²) in [5, 5.41) is 21.2. The highest BCUT2D eigenvalue weighted by Crippen LogP contribution is 2.70. The van der Waals surface area contributed by atoms with Gasteiger partial charge in [0.25, 0.3) is 0 Å². The summed E-state index contributed by atoms with van der Waals surface area (Å²) in [7, 11) is 0. The lowest BCUT2D eigenvalue weighted by molar-refractivity contribution is -0.311. The van der Waals surface area contributed by atoms with Crippen molar-refractivity contribution in [3.8, 4) is 0 Å². The highest BCUT2D eigenvalue weighted by molar-refractivity contribution is 5.66. The number of aliphatic hydroxyl groups is 1. The minimum atomic E-state index is -1.14. The lowest BCUT2D eigenvalue weighted by Crippen LogP contribution is -2.50. The van der Waals surface area contributed by atoms with Crippen LogP contribution in [0.4, 0.5) is 0 Å². The first kappa shape index (κ1) is 10.9. The van der Waals surface area contributed by atoms with E-state index in [4.69, 9.17) is 0 Å². The predicted octanol–water partition coefficient (Wildman–Crippen LogP) is 0.704. The third kappa shape index (κ3) is 1.13. The molecule has 0 unspecified atom stereocenters. The first-order chi connectivity index (χ1) is 6.73. The van der Waals surface area contributed by atoms with Crippen LogP contribution in [0.5, 0.6) is 0 Å². The summed E-state index contributed by atoms with van der Waals surface area (Å²) >= 11 is 0. The Morgan fingerprint density at radius 1 is 1.47 bits per heavy atom. The third-order valence-electron chi connectivity index (χ3n) is 5.48. The van der Waals surface area contributed by atoms with Gasteiger partial charge in [-0.05, 0) is 30.6 Å². The fourth-order valence-electron chi connectivity index (χ4n) is 3.92. The second-order valence-electron chi connectivity index (χ2n) is 6.07. The molecule has 0 spiro atoms. The molecule has 86 valence electrons. The fourth-order valence-corrected chi connectivity index (χ4v) is 3.92. The first-order valence-corrected chi connectivity index (χ1v) is 5.65. The SMILES string of the molecule is CC1(C)[C@@H]2CC[C@]1(C)[C@@](O)(CC(=O)[O-])C2. The summed E-state index contributed by atoms with van der Waals surface area (Å²) < 4.78 is 0. The van der Waals surface area contributed by atoms with E-state index in [0.29, 0.717) is 12.3 Å². The number of carbonyl (C=O) groups excluding carboxylic acids is 1. The molecule has 0 aromatic rings. The molecule has 1 N–H and O–H groups in total. The molecule has 2 rings (SSSR count). The molecule has 0 aromatic heterocycles. The Labute approximate surface area is 90.5 Å². The number of hydrogen-bond donors (Lipinski definition) is 1. The van der Waals surface area contributed by atoms with E-state index >= 15 is 0 Å². The van der Waals surface area contributed by atoms with Crippen molar-refractivity contribution in [2.24, 2.45) is 16.7 Å². The molecule has 0 aromatic carbocycles. The molecule has 0 amide bonds. The second kappa shape index (κ2) is 2.76. The van der Waals surface area contributed by atoms with Crippen LogP contribution in [-0.4, -0.2) is 16.7 Å². The molecule has 3 nitrogen and oxygen atoms in total. The topological polar surface area (TPSA) is 60.4 Å². The normalized spacial score (nSPS) is 47.1. The van der Waals surface area contributed by atoms with Gasteiger partial charge in [-0.2, -0.15) is 0 Å². The highest BCUT2D eigenvalue weighted by Gasteiger charge is 2.67. The number of fused-ring (bicyclic) bond motifs is 2. The van der Waals surface area contributed by atoms with Crippen LogP contribution in [0.25, 0.3) is 0 Å². The van der Waals surface area contributed by atoms with Crippen molar-refractivity contribution < 1.29 is 15.0 Å². The van der Waals surface area contributed by atoms with Gasteiger partial charge in [0, 0.05) is 17.8 Å². The van der Waals surface area contributed by atoms with E-state index in [9.17, 15) is 15.0 Å². The summed E-state index contributed by atoms with van der Waals surface area (Å²) in [4.78, 5) is 10.7. The molecule has 15 heavy (non-hydrogen) atoms. The van der Waals surface area contributed by atoms with E-state index in [2.05, 4.69) is 13.8 Å². The first-order valence-electron chi connectivity index (χ1n) is 5.65. The van der Waals surface area contributed by atoms with Gasteiger partial charge in [-0.1, -0.05) is 20.8 Å².